The molecule has 1 aliphatic rings. The summed E-state index contributed by atoms with van der Waals surface area (Å²) in [4.78, 5) is 25.3. The summed E-state index contributed by atoms with van der Waals surface area (Å²) in [5.41, 5.74) is 3.88. The van der Waals surface area contributed by atoms with Crippen molar-refractivity contribution in [3.8, 4) is 11.5 Å². The fourth-order valence-electron chi connectivity index (χ4n) is 3.15. The Balaban J connectivity index is 1.96. The SMILES string of the molecule is CCOc1cc(C(CS(C)(=O)=O)NN2C(=O)c3ccccc3C2=O)ccc1OC. The van der Waals surface area contributed by atoms with E-state index in [0.717, 1.165) is 11.3 Å². The van der Waals surface area contributed by atoms with Gasteiger partial charge in [0.15, 0.2) is 11.5 Å². The minimum atomic E-state index is -3.44. The van der Waals surface area contributed by atoms with Crippen LogP contribution in [0, 0.1) is 0 Å². The average Bonchev–Trinajstić information content (AvgIpc) is 2.92. The molecule has 2 aromatic rings. The van der Waals surface area contributed by atoms with Gasteiger partial charge in [0.1, 0.15) is 9.84 Å². The van der Waals surface area contributed by atoms with Crippen LogP contribution in [0.4, 0.5) is 0 Å². The topological polar surface area (TPSA) is 102 Å². The molecule has 0 aromatic heterocycles. The van der Waals surface area contributed by atoms with Crippen molar-refractivity contribution in [1.82, 2.24) is 10.4 Å². The van der Waals surface area contributed by atoms with E-state index in [1.807, 2.05) is 6.92 Å². The minimum Gasteiger partial charge on any atom is -0.493 e. The largest absolute Gasteiger partial charge is 0.493 e. The molecule has 1 unspecified atom stereocenters. The third-order valence-electron chi connectivity index (χ3n) is 4.44. The normalized spacial score (nSPS) is 14.7. The summed E-state index contributed by atoms with van der Waals surface area (Å²) in [5.74, 6) is -0.437. The van der Waals surface area contributed by atoms with Crippen molar-refractivity contribution in [2.24, 2.45) is 0 Å². The van der Waals surface area contributed by atoms with Crippen molar-refractivity contribution in [2.75, 3.05) is 25.7 Å². The number of hydrogen-bond donors (Lipinski definition) is 1. The summed E-state index contributed by atoms with van der Waals surface area (Å²) in [6, 6.07) is 10.6. The van der Waals surface area contributed by atoms with E-state index in [1.165, 1.54) is 7.11 Å². The van der Waals surface area contributed by atoms with Crippen molar-refractivity contribution in [3.05, 3.63) is 59.2 Å². The van der Waals surface area contributed by atoms with E-state index in [1.54, 1.807) is 42.5 Å². The minimum absolute atomic E-state index is 0.271. The Morgan fingerprint density at radius 1 is 1.03 bits per heavy atom. The number of hydrogen-bond acceptors (Lipinski definition) is 7. The number of methoxy groups -OCH3 is 1. The fourth-order valence-corrected chi connectivity index (χ4v) is 4.02. The van der Waals surface area contributed by atoms with Gasteiger partial charge >= 0.3 is 0 Å². The first-order valence-electron chi connectivity index (χ1n) is 8.97. The molecule has 1 atom stereocenters. The van der Waals surface area contributed by atoms with Gasteiger partial charge in [0, 0.05) is 6.26 Å². The molecule has 1 aliphatic heterocycles. The molecule has 0 saturated carbocycles. The van der Waals surface area contributed by atoms with Gasteiger partial charge in [0.2, 0.25) is 0 Å². The lowest BCUT2D eigenvalue weighted by molar-refractivity contribution is 0.0539. The Morgan fingerprint density at radius 2 is 1.66 bits per heavy atom. The summed E-state index contributed by atoms with van der Waals surface area (Å²) in [6.45, 7) is 2.21. The van der Waals surface area contributed by atoms with Crippen LogP contribution in [0.15, 0.2) is 42.5 Å². The van der Waals surface area contributed by atoms with Crippen molar-refractivity contribution in [3.63, 3.8) is 0 Å². The number of nitrogens with one attached hydrogen (secondary N) is 1. The van der Waals surface area contributed by atoms with Crippen molar-refractivity contribution in [1.29, 1.82) is 0 Å². The molecule has 9 heteroatoms. The van der Waals surface area contributed by atoms with Crippen LogP contribution >= 0.6 is 0 Å². The third-order valence-corrected chi connectivity index (χ3v) is 5.38. The Kier molecular flexibility index (Phi) is 5.90. The van der Waals surface area contributed by atoms with Crippen LogP contribution in [0.5, 0.6) is 11.5 Å². The highest BCUT2D eigenvalue weighted by molar-refractivity contribution is 7.90. The quantitative estimate of drug-likeness (QED) is 0.654. The highest BCUT2D eigenvalue weighted by Gasteiger charge is 2.37. The van der Waals surface area contributed by atoms with Gasteiger partial charge in [-0.15, -0.1) is 0 Å². The molecular formula is C20H22N2O6S. The molecule has 8 nitrogen and oxygen atoms in total. The zero-order chi connectivity index (χ0) is 21.2. The molecule has 29 heavy (non-hydrogen) atoms. The van der Waals surface area contributed by atoms with Gasteiger partial charge in [-0.3, -0.25) is 9.59 Å². The van der Waals surface area contributed by atoms with E-state index in [9.17, 15) is 18.0 Å². The number of hydrazine groups is 1. The lowest BCUT2D eigenvalue weighted by Gasteiger charge is -2.25. The number of imide groups is 1. The second-order valence-corrected chi connectivity index (χ2v) is 8.79. The van der Waals surface area contributed by atoms with E-state index in [-0.39, 0.29) is 16.9 Å². The maximum atomic E-state index is 12.7. The number of sulfone groups is 1. The van der Waals surface area contributed by atoms with Crippen molar-refractivity contribution in [2.45, 2.75) is 13.0 Å². The third kappa shape index (κ3) is 4.41. The molecular weight excluding hydrogens is 396 g/mol. The van der Waals surface area contributed by atoms with E-state index in [2.05, 4.69) is 5.43 Å². The molecule has 154 valence electrons. The number of ether oxygens (including phenoxy) is 2. The highest BCUT2D eigenvalue weighted by atomic mass is 32.2. The van der Waals surface area contributed by atoms with Crippen molar-refractivity contribution < 1.29 is 27.5 Å². The van der Waals surface area contributed by atoms with Crippen LogP contribution in [-0.4, -0.2) is 51.0 Å². The second kappa shape index (κ2) is 8.22. The first kappa shape index (κ1) is 20.8. The van der Waals surface area contributed by atoms with Gasteiger partial charge in [0.25, 0.3) is 11.8 Å². The lowest BCUT2D eigenvalue weighted by Crippen LogP contribution is -2.46. The first-order valence-corrected chi connectivity index (χ1v) is 11.0. The van der Waals surface area contributed by atoms with Crippen LogP contribution < -0.4 is 14.9 Å². The Morgan fingerprint density at radius 3 is 2.17 bits per heavy atom. The van der Waals surface area contributed by atoms with Gasteiger partial charge in [-0.05, 0) is 36.8 Å². The smallest absolute Gasteiger partial charge is 0.276 e. The van der Waals surface area contributed by atoms with Gasteiger partial charge in [-0.1, -0.05) is 18.2 Å². The molecule has 2 amide bonds. The zero-order valence-electron chi connectivity index (χ0n) is 16.3. The Hall–Kier alpha value is -2.91. The second-order valence-electron chi connectivity index (χ2n) is 6.61. The van der Waals surface area contributed by atoms with Crippen LogP contribution in [0.2, 0.25) is 0 Å². The zero-order valence-corrected chi connectivity index (χ0v) is 17.2. The summed E-state index contributed by atoms with van der Waals surface area (Å²) >= 11 is 0. The maximum Gasteiger partial charge on any atom is 0.276 e. The number of carbonyl (C=O) groups is 2. The van der Waals surface area contributed by atoms with Crippen LogP contribution in [0.25, 0.3) is 0 Å². The Bertz CT molecular complexity index is 1020. The molecule has 0 aliphatic carbocycles. The molecule has 0 radical (unpaired) electrons. The van der Waals surface area contributed by atoms with E-state index in [4.69, 9.17) is 9.47 Å². The van der Waals surface area contributed by atoms with Crippen LogP contribution in [0.3, 0.4) is 0 Å². The van der Waals surface area contributed by atoms with Gasteiger partial charge in [-0.2, -0.15) is 0 Å². The Labute approximate surface area is 169 Å². The molecule has 0 spiro atoms. The van der Waals surface area contributed by atoms with Gasteiger partial charge < -0.3 is 9.47 Å². The monoisotopic (exact) mass is 418 g/mol. The molecule has 2 aromatic carbocycles. The summed E-state index contributed by atoms with van der Waals surface area (Å²) in [7, 11) is -1.94. The first-order chi connectivity index (χ1) is 13.7. The number of amides is 2. The predicted molar refractivity (Wildman–Crippen MR) is 107 cm³/mol. The summed E-state index contributed by atoms with van der Waals surface area (Å²) in [5, 5.41) is 0.866. The fraction of sp³-hybridized carbons (Fsp3) is 0.300. The van der Waals surface area contributed by atoms with E-state index < -0.39 is 27.7 Å². The lowest BCUT2D eigenvalue weighted by atomic mass is 10.1. The number of rotatable bonds is 8. The van der Waals surface area contributed by atoms with Gasteiger partial charge in [-0.25, -0.2) is 18.9 Å². The standard InChI is InChI=1S/C20H22N2O6S/c1-4-28-18-11-13(9-10-17(18)27-2)16(12-29(3,25)26)21-22-19(23)14-7-5-6-8-15(14)20(22)24/h5-11,16,21H,4,12H2,1-3H3. The van der Waals surface area contributed by atoms with E-state index >= 15 is 0 Å². The van der Waals surface area contributed by atoms with Crippen LogP contribution in [-0.2, 0) is 9.84 Å². The summed E-state index contributed by atoms with van der Waals surface area (Å²) < 4.78 is 34.9. The number of carbonyl (C=O) groups excluding carboxylic acids is 2. The highest BCUT2D eigenvalue weighted by Crippen LogP contribution is 2.31. The number of fused-ring (bicyclic) bond motifs is 1. The molecule has 0 saturated heterocycles. The number of benzene rings is 2. The average molecular weight is 418 g/mol. The van der Waals surface area contributed by atoms with Crippen molar-refractivity contribution >= 4 is 21.7 Å². The summed E-state index contributed by atoms with van der Waals surface area (Å²) in [6.07, 6.45) is 1.09. The molecule has 1 N–H and O–H groups in total. The maximum absolute atomic E-state index is 12.7. The number of nitrogens with zero attached hydrogens (tertiary/aromatic N) is 1. The molecule has 3 rings (SSSR count). The molecule has 0 bridgehead atoms. The van der Waals surface area contributed by atoms with E-state index in [0.29, 0.717) is 23.7 Å². The molecule has 1 heterocycles. The predicted octanol–water partition coefficient (Wildman–Crippen LogP) is 1.98. The van der Waals surface area contributed by atoms with Crippen LogP contribution in [0.1, 0.15) is 39.2 Å². The molecule has 0 fully saturated rings. The van der Waals surface area contributed by atoms with Gasteiger partial charge in [0.05, 0.1) is 36.6 Å².